The molecule has 0 atom stereocenters. The van der Waals surface area contributed by atoms with E-state index in [-0.39, 0.29) is 0 Å². The van der Waals surface area contributed by atoms with Crippen LogP contribution in [-0.4, -0.2) is 9.78 Å². The van der Waals surface area contributed by atoms with E-state index in [2.05, 4.69) is 5.10 Å². The summed E-state index contributed by atoms with van der Waals surface area (Å²) in [5.74, 6) is -0.930. The lowest BCUT2D eigenvalue weighted by Crippen LogP contribution is -1.94. The van der Waals surface area contributed by atoms with Gasteiger partial charge in [-0.05, 0) is 0 Å². The van der Waals surface area contributed by atoms with Crippen molar-refractivity contribution in [3.63, 3.8) is 0 Å². The van der Waals surface area contributed by atoms with E-state index >= 15 is 0 Å². The zero-order valence-corrected chi connectivity index (χ0v) is 5.68. The van der Waals surface area contributed by atoms with Crippen molar-refractivity contribution in [2.45, 2.75) is 6.43 Å². The summed E-state index contributed by atoms with van der Waals surface area (Å²) in [6.45, 7) is 0. The molecule has 2 N–H and O–H groups in total. The Bertz CT molecular complexity index is 268. The van der Waals surface area contributed by atoms with Crippen LogP contribution in [0.3, 0.4) is 0 Å². The molecule has 0 radical (unpaired) electrons. The van der Waals surface area contributed by atoms with Crippen molar-refractivity contribution >= 4 is 5.69 Å². The number of alkyl halides is 2. The van der Waals surface area contributed by atoms with Crippen LogP contribution in [0.15, 0.2) is 0 Å². The summed E-state index contributed by atoms with van der Waals surface area (Å²) < 4.78 is 37.0. The molecule has 0 aromatic carbocycles. The molecule has 0 unspecified atom stereocenters. The summed E-state index contributed by atoms with van der Waals surface area (Å²) in [5.41, 5.74) is 3.68. The van der Waals surface area contributed by atoms with Crippen molar-refractivity contribution in [3.8, 4) is 0 Å². The van der Waals surface area contributed by atoms with Gasteiger partial charge in [0.1, 0.15) is 5.69 Å². The lowest BCUT2D eigenvalue weighted by molar-refractivity contribution is 0.146. The summed E-state index contributed by atoms with van der Waals surface area (Å²) >= 11 is 0. The summed E-state index contributed by atoms with van der Waals surface area (Å²) in [6, 6.07) is 0. The van der Waals surface area contributed by atoms with E-state index in [0.717, 1.165) is 0 Å². The minimum atomic E-state index is -2.83. The first-order valence-electron chi connectivity index (χ1n) is 2.80. The number of aryl methyl sites for hydroxylation is 1. The van der Waals surface area contributed by atoms with Crippen molar-refractivity contribution in [2.75, 3.05) is 5.73 Å². The van der Waals surface area contributed by atoms with Gasteiger partial charge in [-0.15, -0.1) is 0 Å². The third-order valence-electron chi connectivity index (χ3n) is 1.25. The van der Waals surface area contributed by atoms with Gasteiger partial charge in [-0.2, -0.15) is 9.49 Å². The van der Waals surface area contributed by atoms with Gasteiger partial charge < -0.3 is 5.73 Å². The van der Waals surface area contributed by atoms with Gasteiger partial charge in [0.25, 0.3) is 6.43 Å². The lowest BCUT2D eigenvalue weighted by atomic mass is 10.4. The first kappa shape index (κ1) is 7.90. The van der Waals surface area contributed by atoms with Gasteiger partial charge in [0.05, 0.1) is 0 Å². The third kappa shape index (κ3) is 1.15. The summed E-state index contributed by atoms with van der Waals surface area (Å²) in [5, 5.41) is 3.18. The van der Waals surface area contributed by atoms with Crippen molar-refractivity contribution in [1.29, 1.82) is 0 Å². The highest BCUT2D eigenvalue weighted by Crippen LogP contribution is 2.24. The number of nitrogen functional groups attached to an aromatic ring is 1. The second-order valence-electron chi connectivity index (χ2n) is 2.01. The van der Waals surface area contributed by atoms with E-state index in [1.54, 1.807) is 0 Å². The van der Waals surface area contributed by atoms with E-state index in [1.165, 1.54) is 7.05 Å². The molecule has 0 aliphatic heterocycles. The highest BCUT2D eigenvalue weighted by atomic mass is 19.3. The average molecular weight is 165 g/mol. The van der Waals surface area contributed by atoms with Crippen LogP contribution >= 0.6 is 0 Å². The Morgan fingerprint density at radius 2 is 2.09 bits per heavy atom. The molecule has 0 spiro atoms. The minimum absolute atomic E-state index is 0.581. The molecule has 6 heteroatoms. The Balaban J connectivity index is 3.19. The van der Waals surface area contributed by atoms with E-state index in [9.17, 15) is 13.2 Å². The van der Waals surface area contributed by atoms with Gasteiger partial charge in [-0.3, -0.25) is 0 Å². The zero-order chi connectivity index (χ0) is 8.59. The third-order valence-corrected chi connectivity index (χ3v) is 1.25. The zero-order valence-electron chi connectivity index (χ0n) is 5.68. The first-order chi connectivity index (χ1) is 5.04. The van der Waals surface area contributed by atoms with Crippen LogP contribution in [0.25, 0.3) is 0 Å². The number of anilines is 1. The van der Waals surface area contributed by atoms with Crippen molar-refractivity contribution < 1.29 is 13.2 Å². The molecular formula is C5H6F3N3. The second-order valence-corrected chi connectivity index (χ2v) is 2.01. The molecule has 3 nitrogen and oxygen atoms in total. The Kier molecular flexibility index (Phi) is 1.76. The van der Waals surface area contributed by atoms with Crippen LogP contribution in [0.1, 0.15) is 12.1 Å². The molecule has 0 aliphatic rings. The molecule has 0 aliphatic carbocycles. The molecule has 62 valence electrons. The van der Waals surface area contributed by atoms with Crippen molar-refractivity contribution in [2.24, 2.45) is 7.05 Å². The maximum atomic E-state index is 12.6. The lowest BCUT2D eigenvalue weighted by Gasteiger charge is -1.91. The Labute approximate surface area is 60.6 Å². The van der Waals surface area contributed by atoms with Gasteiger partial charge in [-0.1, -0.05) is 0 Å². The summed E-state index contributed by atoms with van der Waals surface area (Å²) in [7, 11) is 1.21. The van der Waals surface area contributed by atoms with Crippen molar-refractivity contribution in [3.05, 3.63) is 11.6 Å². The largest absolute Gasteiger partial charge is 0.393 e. The predicted octanol–water partition coefficient (Wildman–Crippen LogP) is 1.08. The molecular weight excluding hydrogens is 159 g/mol. The Morgan fingerprint density at radius 1 is 1.55 bits per heavy atom. The molecule has 0 fully saturated rings. The first-order valence-corrected chi connectivity index (χ1v) is 2.80. The highest BCUT2D eigenvalue weighted by molar-refractivity contribution is 5.42. The molecule has 11 heavy (non-hydrogen) atoms. The summed E-state index contributed by atoms with van der Waals surface area (Å²) in [4.78, 5) is 0. The molecule has 0 bridgehead atoms. The topological polar surface area (TPSA) is 43.8 Å². The van der Waals surface area contributed by atoms with Crippen LogP contribution in [0.5, 0.6) is 0 Å². The molecule has 1 heterocycles. The van der Waals surface area contributed by atoms with Crippen LogP contribution in [0, 0.1) is 5.95 Å². The molecule has 0 saturated carbocycles. The van der Waals surface area contributed by atoms with E-state index in [1.807, 2.05) is 0 Å². The predicted molar refractivity (Wildman–Crippen MR) is 32.5 cm³/mol. The Hall–Kier alpha value is -1.20. The molecule has 0 saturated heterocycles. The fourth-order valence-electron chi connectivity index (χ4n) is 0.701. The molecule has 1 rings (SSSR count). The average Bonchev–Trinajstić information content (AvgIpc) is 2.17. The van der Waals surface area contributed by atoms with Gasteiger partial charge in [0.2, 0.25) is 5.95 Å². The van der Waals surface area contributed by atoms with E-state index in [4.69, 9.17) is 5.73 Å². The van der Waals surface area contributed by atoms with Gasteiger partial charge >= 0.3 is 0 Å². The summed E-state index contributed by atoms with van der Waals surface area (Å²) in [6.07, 6.45) is -2.83. The van der Waals surface area contributed by atoms with Crippen molar-refractivity contribution in [1.82, 2.24) is 9.78 Å². The monoisotopic (exact) mass is 165 g/mol. The maximum absolute atomic E-state index is 12.6. The fraction of sp³-hybridized carbons (Fsp3) is 0.400. The second kappa shape index (κ2) is 2.44. The normalized spacial score (nSPS) is 11.0. The number of aromatic nitrogens is 2. The van der Waals surface area contributed by atoms with Crippen LogP contribution in [0.2, 0.25) is 0 Å². The maximum Gasteiger partial charge on any atom is 0.284 e. The van der Waals surface area contributed by atoms with Gasteiger partial charge in [-0.25, -0.2) is 13.5 Å². The number of nitrogens with two attached hydrogens (primary N) is 1. The van der Waals surface area contributed by atoms with Gasteiger partial charge in [0, 0.05) is 7.05 Å². The number of hydrogen-bond donors (Lipinski definition) is 1. The minimum Gasteiger partial charge on any atom is -0.393 e. The molecule has 1 aromatic heterocycles. The Morgan fingerprint density at radius 3 is 2.27 bits per heavy atom. The van der Waals surface area contributed by atoms with Gasteiger partial charge in [0.15, 0.2) is 5.69 Å². The SMILES string of the molecule is Cn1nc(C(F)F)c(N)c1F. The highest BCUT2D eigenvalue weighted by Gasteiger charge is 2.20. The number of halogens is 3. The number of hydrogen-bond acceptors (Lipinski definition) is 2. The fourth-order valence-corrected chi connectivity index (χ4v) is 0.701. The van der Waals surface area contributed by atoms with Crippen LogP contribution in [-0.2, 0) is 7.05 Å². The quantitative estimate of drug-likeness (QED) is 0.676. The van der Waals surface area contributed by atoms with Crippen LogP contribution < -0.4 is 5.73 Å². The molecule has 1 aromatic rings. The van der Waals surface area contributed by atoms with E-state index in [0.29, 0.717) is 4.68 Å². The standard InChI is InChI=1S/C5H6F3N3/c1-11-5(8)2(9)3(10-11)4(6)7/h4H,9H2,1H3. The number of rotatable bonds is 1. The number of nitrogens with zero attached hydrogens (tertiary/aromatic N) is 2. The van der Waals surface area contributed by atoms with Crippen LogP contribution in [0.4, 0.5) is 18.9 Å². The van der Waals surface area contributed by atoms with E-state index < -0.39 is 23.8 Å². The smallest absolute Gasteiger partial charge is 0.284 e. The molecule has 0 amide bonds.